The number of likely N-dealkylation sites (tertiary alicyclic amines) is 1. The number of hydrogen-bond donors (Lipinski definition) is 2. The Morgan fingerprint density at radius 2 is 1.89 bits per heavy atom. The third-order valence-corrected chi connectivity index (χ3v) is 5.98. The van der Waals surface area contributed by atoms with Gasteiger partial charge in [0.1, 0.15) is 5.82 Å². The van der Waals surface area contributed by atoms with Crippen LogP contribution < -0.4 is 10.2 Å². The number of hydrogen-bond acceptors (Lipinski definition) is 6. The van der Waals surface area contributed by atoms with E-state index in [1.165, 1.54) is 5.56 Å². The van der Waals surface area contributed by atoms with E-state index in [1.807, 2.05) is 6.20 Å². The van der Waals surface area contributed by atoms with Gasteiger partial charge in [0.05, 0.1) is 12.6 Å². The van der Waals surface area contributed by atoms with Gasteiger partial charge in [-0.15, -0.1) is 0 Å². The van der Waals surface area contributed by atoms with Crippen molar-refractivity contribution in [3.05, 3.63) is 47.7 Å². The van der Waals surface area contributed by atoms with Crippen molar-refractivity contribution in [2.24, 2.45) is 0 Å². The number of rotatable bonds is 6. The Morgan fingerprint density at radius 1 is 1.11 bits per heavy atom. The minimum atomic E-state index is 0.150. The zero-order valence-electron chi connectivity index (χ0n) is 16.7. The number of nitrogens with zero attached hydrogens (tertiary/aromatic N) is 4. The predicted octanol–water partition coefficient (Wildman–Crippen LogP) is 2.82. The minimum absolute atomic E-state index is 0.150. The predicted molar refractivity (Wildman–Crippen MR) is 113 cm³/mol. The van der Waals surface area contributed by atoms with Gasteiger partial charge in [-0.05, 0) is 38.2 Å². The van der Waals surface area contributed by atoms with Crippen LogP contribution in [0, 0.1) is 6.92 Å². The molecule has 0 amide bonds. The topological polar surface area (TPSA) is 64.5 Å². The van der Waals surface area contributed by atoms with E-state index in [-0.39, 0.29) is 12.6 Å². The summed E-state index contributed by atoms with van der Waals surface area (Å²) in [6.45, 7) is 6.38. The van der Waals surface area contributed by atoms with Crippen molar-refractivity contribution in [2.75, 3.05) is 36.5 Å². The maximum Gasteiger partial charge on any atom is 0.227 e. The van der Waals surface area contributed by atoms with Crippen molar-refractivity contribution < 1.29 is 5.11 Å². The van der Waals surface area contributed by atoms with Crippen molar-refractivity contribution in [1.82, 2.24) is 14.9 Å². The minimum Gasteiger partial charge on any atom is -0.394 e. The summed E-state index contributed by atoms with van der Waals surface area (Å²) in [6, 6.07) is 11.3. The van der Waals surface area contributed by atoms with Crippen LogP contribution in [0.15, 0.2) is 36.5 Å². The molecular weight excluding hydrogens is 350 g/mol. The molecule has 2 aromatic rings. The lowest BCUT2D eigenvalue weighted by atomic mass is 10.0. The van der Waals surface area contributed by atoms with Crippen molar-refractivity contribution in [3.8, 4) is 0 Å². The molecule has 28 heavy (non-hydrogen) atoms. The highest BCUT2D eigenvalue weighted by molar-refractivity contribution is 5.49. The highest BCUT2D eigenvalue weighted by atomic mass is 16.3. The van der Waals surface area contributed by atoms with E-state index >= 15 is 0 Å². The number of nitrogens with one attached hydrogen (secondary N) is 1. The molecule has 0 radical (unpaired) electrons. The van der Waals surface area contributed by atoms with Gasteiger partial charge in [-0.2, -0.15) is 4.98 Å². The first-order chi connectivity index (χ1) is 13.7. The SMILES string of the molecule is Cc1cnc(N2CCCC2CO)nc1NC1CCN(Cc2ccccc2)CC1. The molecule has 2 saturated heterocycles. The second kappa shape index (κ2) is 8.88. The van der Waals surface area contributed by atoms with Gasteiger partial charge in [0, 0.05) is 44.0 Å². The summed E-state index contributed by atoms with van der Waals surface area (Å²) in [5.41, 5.74) is 2.46. The Bertz CT molecular complexity index is 761. The largest absolute Gasteiger partial charge is 0.394 e. The molecule has 3 heterocycles. The van der Waals surface area contributed by atoms with E-state index in [1.54, 1.807) is 0 Å². The van der Waals surface area contributed by atoms with Crippen LogP contribution in [-0.2, 0) is 6.54 Å². The standard InChI is InChI=1S/C22H31N5O/c1-17-14-23-22(27-11-5-8-20(27)16-28)25-21(17)24-19-9-12-26(13-10-19)15-18-6-3-2-4-7-18/h2-4,6-7,14,19-20,28H,5,8-13,15-16H2,1H3,(H,23,24,25). The lowest BCUT2D eigenvalue weighted by Gasteiger charge is -2.33. The van der Waals surface area contributed by atoms with Gasteiger partial charge in [0.15, 0.2) is 0 Å². The van der Waals surface area contributed by atoms with Gasteiger partial charge >= 0.3 is 0 Å². The monoisotopic (exact) mass is 381 g/mol. The van der Waals surface area contributed by atoms with Crippen LogP contribution in [0.1, 0.15) is 36.8 Å². The number of aliphatic hydroxyl groups excluding tert-OH is 1. The van der Waals surface area contributed by atoms with E-state index in [9.17, 15) is 5.11 Å². The Labute approximate surface area is 167 Å². The molecule has 1 aromatic heterocycles. The highest BCUT2D eigenvalue weighted by Gasteiger charge is 2.27. The van der Waals surface area contributed by atoms with E-state index in [0.717, 1.165) is 69.2 Å². The maximum atomic E-state index is 9.60. The zero-order valence-corrected chi connectivity index (χ0v) is 16.7. The first kappa shape index (κ1) is 19.2. The molecule has 1 unspecified atom stereocenters. The number of piperidine rings is 1. The molecule has 4 rings (SSSR count). The third kappa shape index (κ3) is 4.45. The van der Waals surface area contributed by atoms with Crippen LogP contribution >= 0.6 is 0 Å². The van der Waals surface area contributed by atoms with Crippen LogP contribution in [0.5, 0.6) is 0 Å². The molecule has 2 N–H and O–H groups in total. The molecule has 1 aromatic carbocycles. The summed E-state index contributed by atoms with van der Waals surface area (Å²) in [5, 5.41) is 13.3. The Kier molecular flexibility index (Phi) is 6.07. The van der Waals surface area contributed by atoms with Crippen molar-refractivity contribution in [3.63, 3.8) is 0 Å². The van der Waals surface area contributed by atoms with E-state index in [0.29, 0.717) is 6.04 Å². The fourth-order valence-electron chi connectivity index (χ4n) is 4.28. The summed E-state index contributed by atoms with van der Waals surface area (Å²) in [6.07, 6.45) is 6.24. The first-order valence-corrected chi connectivity index (χ1v) is 10.5. The summed E-state index contributed by atoms with van der Waals surface area (Å²) in [5.74, 6) is 1.68. The molecule has 0 saturated carbocycles. The normalized spacial score (nSPS) is 21.2. The Morgan fingerprint density at radius 3 is 2.64 bits per heavy atom. The second-order valence-electron chi connectivity index (χ2n) is 8.05. The average molecular weight is 382 g/mol. The fraction of sp³-hybridized carbons (Fsp3) is 0.545. The summed E-state index contributed by atoms with van der Waals surface area (Å²) >= 11 is 0. The molecule has 6 heteroatoms. The molecule has 0 aliphatic carbocycles. The molecule has 2 aliphatic heterocycles. The number of aryl methyl sites for hydroxylation is 1. The fourth-order valence-corrected chi connectivity index (χ4v) is 4.28. The van der Waals surface area contributed by atoms with Crippen molar-refractivity contribution in [1.29, 1.82) is 0 Å². The van der Waals surface area contributed by atoms with E-state index < -0.39 is 0 Å². The molecule has 2 fully saturated rings. The number of benzene rings is 1. The third-order valence-electron chi connectivity index (χ3n) is 5.98. The quantitative estimate of drug-likeness (QED) is 0.802. The van der Waals surface area contributed by atoms with E-state index in [4.69, 9.17) is 4.98 Å². The van der Waals surface area contributed by atoms with Crippen LogP contribution in [0.2, 0.25) is 0 Å². The molecule has 0 spiro atoms. The van der Waals surface area contributed by atoms with Crippen LogP contribution in [-0.4, -0.2) is 58.3 Å². The Hall–Kier alpha value is -2.18. The summed E-state index contributed by atoms with van der Waals surface area (Å²) < 4.78 is 0. The number of anilines is 2. The molecule has 1 atom stereocenters. The lowest BCUT2D eigenvalue weighted by Crippen LogP contribution is -2.39. The number of aromatic nitrogens is 2. The summed E-state index contributed by atoms with van der Waals surface area (Å²) in [7, 11) is 0. The van der Waals surface area contributed by atoms with Crippen molar-refractivity contribution >= 4 is 11.8 Å². The van der Waals surface area contributed by atoms with Gasteiger partial charge in [0.2, 0.25) is 5.95 Å². The summed E-state index contributed by atoms with van der Waals surface area (Å²) in [4.78, 5) is 14.0. The van der Waals surface area contributed by atoms with E-state index in [2.05, 4.69) is 57.4 Å². The average Bonchev–Trinajstić information content (AvgIpc) is 3.21. The molecule has 6 nitrogen and oxygen atoms in total. The van der Waals surface area contributed by atoms with Gasteiger partial charge in [0.25, 0.3) is 0 Å². The highest BCUT2D eigenvalue weighted by Crippen LogP contribution is 2.25. The van der Waals surface area contributed by atoms with Gasteiger partial charge in [-0.1, -0.05) is 30.3 Å². The number of aliphatic hydroxyl groups is 1. The molecule has 2 aliphatic rings. The molecular formula is C22H31N5O. The van der Waals surface area contributed by atoms with Crippen molar-refractivity contribution in [2.45, 2.75) is 51.2 Å². The molecule has 0 bridgehead atoms. The second-order valence-corrected chi connectivity index (χ2v) is 8.05. The van der Waals surface area contributed by atoms with Gasteiger partial charge in [-0.3, -0.25) is 4.90 Å². The van der Waals surface area contributed by atoms with Crippen LogP contribution in [0.3, 0.4) is 0 Å². The van der Waals surface area contributed by atoms with Gasteiger partial charge in [-0.25, -0.2) is 4.98 Å². The Balaban J connectivity index is 1.35. The first-order valence-electron chi connectivity index (χ1n) is 10.5. The van der Waals surface area contributed by atoms with Crippen LogP contribution in [0.4, 0.5) is 11.8 Å². The smallest absolute Gasteiger partial charge is 0.227 e. The molecule has 150 valence electrons. The maximum absolute atomic E-state index is 9.60. The zero-order chi connectivity index (χ0) is 19.3. The van der Waals surface area contributed by atoms with Crippen LogP contribution in [0.25, 0.3) is 0 Å². The van der Waals surface area contributed by atoms with Gasteiger partial charge < -0.3 is 15.3 Å². The lowest BCUT2D eigenvalue weighted by molar-refractivity contribution is 0.211.